The summed E-state index contributed by atoms with van der Waals surface area (Å²) in [5.74, 6) is 0.898. The Morgan fingerprint density at radius 2 is 2.10 bits per heavy atom. The summed E-state index contributed by atoms with van der Waals surface area (Å²) in [6.07, 6.45) is 3.16. The number of fused-ring (bicyclic) bond motifs is 1. The molecular formula is C15H16N4O. The fourth-order valence-corrected chi connectivity index (χ4v) is 2.11. The molecule has 20 heavy (non-hydrogen) atoms. The van der Waals surface area contributed by atoms with Crippen LogP contribution in [0.4, 0.5) is 11.5 Å². The third-order valence-electron chi connectivity index (χ3n) is 3.34. The van der Waals surface area contributed by atoms with Gasteiger partial charge in [-0.3, -0.25) is 0 Å². The fourth-order valence-electron chi connectivity index (χ4n) is 2.11. The van der Waals surface area contributed by atoms with Crippen molar-refractivity contribution in [3.8, 4) is 0 Å². The molecule has 0 fully saturated rings. The molecule has 2 N–H and O–H groups in total. The van der Waals surface area contributed by atoms with E-state index >= 15 is 0 Å². The monoisotopic (exact) mass is 268 g/mol. The zero-order valence-corrected chi connectivity index (χ0v) is 11.5. The normalized spacial score (nSPS) is 10.9. The van der Waals surface area contributed by atoms with Gasteiger partial charge in [0.15, 0.2) is 12.0 Å². The molecule has 0 radical (unpaired) electrons. The smallest absolute Gasteiger partial charge is 0.181 e. The number of nitrogen functional groups attached to an aromatic ring is 1. The topological polar surface area (TPSA) is 68.2 Å². The number of aromatic nitrogens is 2. The van der Waals surface area contributed by atoms with Crippen molar-refractivity contribution < 1.29 is 4.42 Å². The molecular weight excluding hydrogens is 252 g/mol. The lowest BCUT2D eigenvalue weighted by Crippen LogP contribution is -2.17. The number of nitrogens with zero attached hydrogens (tertiary/aromatic N) is 3. The van der Waals surface area contributed by atoms with Crippen molar-refractivity contribution in [2.45, 2.75) is 13.5 Å². The Bertz CT molecular complexity index is 750. The highest BCUT2D eigenvalue weighted by Crippen LogP contribution is 2.20. The van der Waals surface area contributed by atoms with Crippen molar-refractivity contribution in [1.29, 1.82) is 0 Å². The number of hydrogen-bond donors (Lipinski definition) is 1. The maximum absolute atomic E-state index is 5.79. The summed E-state index contributed by atoms with van der Waals surface area (Å²) in [6.45, 7) is 2.72. The average molecular weight is 268 g/mol. The van der Waals surface area contributed by atoms with E-state index in [9.17, 15) is 0 Å². The molecule has 0 saturated heterocycles. The molecule has 0 spiro atoms. The van der Waals surface area contributed by atoms with Crippen LogP contribution in [0.2, 0.25) is 0 Å². The summed E-state index contributed by atoms with van der Waals surface area (Å²) in [5, 5.41) is 0. The number of oxazole rings is 1. The molecule has 0 bridgehead atoms. The van der Waals surface area contributed by atoms with Gasteiger partial charge >= 0.3 is 0 Å². The first-order chi connectivity index (χ1) is 9.63. The summed E-state index contributed by atoms with van der Waals surface area (Å²) < 4.78 is 5.32. The van der Waals surface area contributed by atoms with E-state index < -0.39 is 0 Å². The van der Waals surface area contributed by atoms with E-state index in [4.69, 9.17) is 10.2 Å². The number of anilines is 2. The fraction of sp³-hybridized carbons (Fsp3) is 0.200. The van der Waals surface area contributed by atoms with Crippen molar-refractivity contribution in [2.75, 3.05) is 17.7 Å². The highest BCUT2D eigenvalue weighted by atomic mass is 16.3. The minimum Gasteiger partial charge on any atom is -0.443 e. The van der Waals surface area contributed by atoms with Gasteiger partial charge in [0.2, 0.25) is 0 Å². The molecule has 5 heteroatoms. The second-order valence-corrected chi connectivity index (χ2v) is 4.91. The van der Waals surface area contributed by atoms with E-state index in [2.05, 4.69) is 14.9 Å². The van der Waals surface area contributed by atoms with Gasteiger partial charge in [0, 0.05) is 13.6 Å². The van der Waals surface area contributed by atoms with Gasteiger partial charge in [-0.15, -0.1) is 0 Å². The molecule has 0 amide bonds. The van der Waals surface area contributed by atoms with Gasteiger partial charge in [0.25, 0.3) is 0 Å². The lowest BCUT2D eigenvalue weighted by Gasteiger charge is -2.19. The first kappa shape index (κ1) is 12.5. The lowest BCUT2D eigenvalue weighted by atomic mass is 10.2. The Morgan fingerprint density at radius 3 is 2.90 bits per heavy atom. The minimum absolute atomic E-state index is 0.713. The summed E-state index contributed by atoms with van der Waals surface area (Å²) in [7, 11) is 2.00. The number of nitrogens with two attached hydrogens (primary N) is 1. The van der Waals surface area contributed by atoms with Crippen molar-refractivity contribution in [3.63, 3.8) is 0 Å². The predicted octanol–water partition coefficient (Wildman–Crippen LogP) is 2.75. The van der Waals surface area contributed by atoms with Crippen LogP contribution in [0.1, 0.15) is 11.1 Å². The number of benzene rings is 1. The van der Waals surface area contributed by atoms with Crippen LogP contribution in [-0.2, 0) is 6.54 Å². The minimum atomic E-state index is 0.713. The second kappa shape index (κ2) is 4.85. The molecule has 2 aromatic heterocycles. The first-order valence-corrected chi connectivity index (χ1v) is 6.39. The lowest BCUT2D eigenvalue weighted by molar-refractivity contribution is 0.601. The van der Waals surface area contributed by atoms with Gasteiger partial charge in [-0.05, 0) is 36.2 Å². The number of rotatable bonds is 3. The Labute approximate surface area is 117 Å². The van der Waals surface area contributed by atoms with Crippen LogP contribution < -0.4 is 10.6 Å². The number of aryl methyl sites for hydroxylation is 1. The Hall–Kier alpha value is -2.56. The van der Waals surface area contributed by atoms with Gasteiger partial charge in [-0.25, -0.2) is 9.97 Å². The maximum Gasteiger partial charge on any atom is 0.181 e. The molecule has 102 valence electrons. The van der Waals surface area contributed by atoms with Gasteiger partial charge in [0.1, 0.15) is 11.3 Å². The molecule has 0 atom stereocenters. The van der Waals surface area contributed by atoms with Crippen molar-refractivity contribution >= 4 is 22.6 Å². The van der Waals surface area contributed by atoms with Crippen LogP contribution in [0.3, 0.4) is 0 Å². The predicted molar refractivity (Wildman–Crippen MR) is 79.5 cm³/mol. The quantitative estimate of drug-likeness (QED) is 0.791. The molecule has 5 nitrogen and oxygen atoms in total. The van der Waals surface area contributed by atoms with Gasteiger partial charge in [0.05, 0.1) is 11.9 Å². The first-order valence-electron chi connectivity index (χ1n) is 6.39. The second-order valence-electron chi connectivity index (χ2n) is 4.91. The van der Waals surface area contributed by atoms with Crippen molar-refractivity contribution in [1.82, 2.24) is 9.97 Å². The third kappa shape index (κ3) is 2.30. The van der Waals surface area contributed by atoms with Crippen LogP contribution in [0, 0.1) is 6.92 Å². The van der Waals surface area contributed by atoms with Crippen LogP contribution in [0.25, 0.3) is 11.1 Å². The summed E-state index contributed by atoms with van der Waals surface area (Å²) in [6, 6.07) is 8.00. The van der Waals surface area contributed by atoms with Gasteiger partial charge < -0.3 is 15.1 Å². The highest BCUT2D eigenvalue weighted by molar-refractivity contribution is 5.72. The molecule has 0 aliphatic heterocycles. The standard InChI is InChI=1S/C15H16N4O/c1-10-5-15(17-7-12(10)16)19(2)8-11-3-4-13-14(6-11)20-9-18-13/h3-7,9H,8,16H2,1-2H3. The molecule has 0 aliphatic carbocycles. The van der Waals surface area contributed by atoms with Crippen LogP contribution >= 0.6 is 0 Å². The average Bonchev–Trinajstić information content (AvgIpc) is 2.89. The molecule has 2 heterocycles. The summed E-state index contributed by atoms with van der Waals surface area (Å²) in [5.41, 5.74) is 10.4. The summed E-state index contributed by atoms with van der Waals surface area (Å²) >= 11 is 0. The van der Waals surface area contributed by atoms with E-state index in [0.29, 0.717) is 5.69 Å². The van der Waals surface area contributed by atoms with Gasteiger partial charge in [-0.2, -0.15) is 0 Å². The van der Waals surface area contributed by atoms with E-state index in [1.54, 1.807) is 6.20 Å². The zero-order chi connectivity index (χ0) is 14.1. The molecule has 1 aromatic carbocycles. The van der Waals surface area contributed by atoms with Crippen LogP contribution in [0.5, 0.6) is 0 Å². The summed E-state index contributed by atoms with van der Waals surface area (Å²) in [4.78, 5) is 10.5. The molecule has 3 aromatic rings. The highest BCUT2D eigenvalue weighted by Gasteiger charge is 2.07. The SMILES string of the molecule is Cc1cc(N(C)Cc2ccc3ncoc3c2)ncc1N. The molecule has 0 aliphatic rings. The van der Waals surface area contributed by atoms with Crippen molar-refractivity contribution in [3.05, 3.63) is 48.0 Å². The van der Waals surface area contributed by atoms with E-state index in [0.717, 1.165) is 34.6 Å². The van der Waals surface area contributed by atoms with E-state index in [1.165, 1.54) is 6.39 Å². The Morgan fingerprint density at radius 1 is 1.25 bits per heavy atom. The number of hydrogen-bond acceptors (Lipinski definition) is 5. The van der Waals surface area contributed by atoms with Crippen molar-refractivity contribution in [2.24, 2.45) is 0 Å². The third-order valence-corrected chi connectivity index (χ3v) is 3.34. The largest absolute Gasteiger partial charge is 0.443 e. The van der Waals surface area contributed by atoms with Gasteiger partial charge in [-0.1, -0.05) is 6.07 Å². The van der Waals surface area contributed by atoms with E-state index in [-0.39, 0.29) is 0 Å². The molecule has 0 saturated carbocycles. The van der Waals surface area contributed by atoms with Crippen LogP contribution in [0.15, 0.2) is 41.3 Å². The van der Waals surface area contributed by atoms with E-state index in [1.807, 2.05) is 38.2 Å². The molecule has 0 unspecified atom stereocenters. The maximum atomic E-state index is 5.79. The molecule has 3 rings (SSSR count). The zero-order valence-electron chi connectivity index (χ0n) is 11.5. The Balaban J connectivity index is 1.83. The number of pyridine rings is 1. The van der Waals surface area contributed by atoms with Crippen LogP contribution in [-0.4, -0.2) is 17.0 Å². The Kier molecular flexibility index (Phi) is 3.02.